The summed E-state index contributed by atoms with van der Waals surface area (Å²) in [6.07, 6.45) is 2.93. The highest BCUT2D eigenvalue weighted by molar-refractivity contribution is 5.78. The molecule has 0 amide bonds. The van der Waals surface area contributed by atoms with E-state index in [0.717, 1.165) is 19.3 Å². The fraction of sp³-hybridized carbons (Fsp3) is 0.462. The molecule has 0 aromatic heterocycles. The van der Waals surface area contributed by atoms with E-state index in [0.29, 0.717) is 0 Å². The monoisotopic (exact) mass is 202 g/mol. The molecule has 1 saturated carbocycles. The standard InChI is InChI=1S/C13H14O2/c1-8-2-3-10-9(6-8)4-5-13(10)7-11(13)12(14)15/h2-3,6,11H,4-5,7H2,1H3,(H,14,15). The lowest BCUT2D eigenvalue weighted by atomic mass is 9.95. The van der Waals surface area contributed by atoms with Crippen molar-refractivity contribution in [2.45, 2.75) is 31.6 Å². The minimum atomic E-state index is -0.622. The van der Waals surface area contributed by atoms with E-state index in [1.165, 1.54) is 16.7 Å². The van der Waals surface area contributed by atoms with E-state index in [9.17, 15) is 4.79 Å². The quantitative estimate of drug-likeness (QED) is 0.758. The van der Waals surface area contributed by atoms with Crippen molar-refractivity contribution in [2.75, 3.05) is 0 Å². The molecule has 1 spiro atoms. The van der Waals surface area contributed by atoms with Gasteiger partial charge in [-0.25, -0.2) is 0 Å². The first-order valence-corrected chi connectivity index (χ1v) is 5.46. The van der Waals surface area contributed by atoms with Crippen LogP contribution in [0.5, 0.6) is 0 Å². The van der Waals surface area contributed by atoms with Gasteiger partial charge in [-0.1, -0.05) is 23.8 Å². The summed E-state index contributed by atoms with van der Waals surface area (Å²) in [7, 11) is 0. The van der Waals surface area contributed by atoms with Crippen LogP contribution in [-0.4, -0.2) is 11.1 Å². The Bertz CT molecular complexity index is 450. The third-order valence-electron chi connectivity index (χ3n) is 4.01. The molecule has 78 valence electrons. The van der Waals surface area contributed by atoms with Crippen LogP contribution in [0, 0.1) is 12.8 Å². The van der Waals surface area contributed by atoms with Gasteiger partial charge in [-0.15, -0.1) is 0 Å². The molecular weight excluding hydrogens is 188 g/mol. The first-order chi connectivity index (χ1) is 7.13. The van der Waals surface area contributed by atoms with Gasteiger partial charge in [-0.3, -0.25) is 4.79 Å². The van der Waals surface area contributed by atoms with Gasteiger partial charge in [-0.05, 0) is 37.3 Å². The highest BCUT2D eigenvalue weighted by atomic mass is 16.4. The molecule has 2 nitrogen and oxygen atoms in total. The van der Waals surface area contributed by atoms with Gasteiger partial charge in [-0.2, -0.15) is 0 Å². The molecule has 2 aliphatic carbocycles. The van der Waals surface area contributed by atoms with Crippen molar-refractivity contribution in [1.82, 2.24) is 0 Å². The van der Waals surface area contributed by atoms with Gasteiger partial charge in [0, 0.05) is 5.41 Å². The van der Waals surface area contributed by atoms with Crippen LogP contribution in [0.2, 0.25) is 0 Å². The van der Waals surface area contributed by atoms with E-state index in [1.807, 2.05) is 0 Å². The predicted molar refractivity (Wildman–Crippen MR) is 56.9 cm³/mol. The second-order valence-corrected chi connectivity index (χ2v) is 4.91. The molecule has 15 heavy (non-hydrogen) atoms. The smallest absolute Gasteiger partial charge is 0.307 e. The summed E-state index contributed by atoms with van der Waals surface area (Å²) in [4.78, 5) is 11.0. The number of carboxylic acid groups (broad SMARTS) is 1. The summed E-state index contributed by atoms with van der Waals surface area (Å²) in [5.41, 5.74) is 3.96. The van der Waals surface area contributed by atoms with E-state index < -0.39 is 5.97 Å². The highest BCUT2D eigenvalue weighted by Crippen LogP contribution is 2.61. The maximum absolute atomic E-state index is 11.0. The van der Waals surface area contributed by atoms with E-state index in [2.05, 4.69) is 25.1 Å². The predicted octanol–water partition coefficient (Wildman–Crippen LogP) is 2.28. The molecule has 1 N–H and O–H groups in total. The average molecular weight is 202 g/mol. The topological polar surface area (TPSA) is 37.3 Å². The normalized spacial score (nSPS) is 31.7. The highest BCUT2D eigenvalue weighted by Gasteiger charge is 2.61. The fourth-order valence-electron chi connectivity index (χ4n) is 3.11. The molecule has 0 radical (unpaired) electrons. The first-order valence-electron chi connectivity index (χ1n) is 5.46. The molecule has 0 saturated heterocycles. The first kappa shape index (κ1) is 8.96. The molecule has 2 unspecified atom stereocenters. The molecule has 2 aliphatic rings. The lowest BCUT2D eigenvalue weighted by Gasteiger charge is -2.09. The van der Waals surface area contributed by atoms with Crippen molar-refractivity contribution < 1.29 is 9.90 Å². The van der Waals surface area contributed by atoms with Crippen LogP contribution in [0.1, 0.15) is 29.5 Å². The zero-order chi connectivity index (χ0) is 10.6. The maximum Gasteiger partial charge on any atom is 0.307 e. The van der Waals surface area contributed by atoms with Crippen LogP contribution in [-0.2, 0) is 16.6 Å². The van der Waals surface area contributed by atoms with Crippen molar-refractivity contribution in [3.05, 3.63) is 34.9 Å². The van der Waals surface area contributed by atoms with E-state index >= 15 is 0 Å². The number of aryl methyl sites for hydroxylation is 2. The van der Waals surface area contributed by atoms with E-state index in [-0.39, 0.29) is 11.3 Å². The minimum Gasteiger partial charge on any atom is -0.481 e. The van der Waals surface area contributed by atoms with Gasteiger partial charge < -0.3 is 5.11 Å². The van der Waals surface area contributed by atoms with Crippen molar-refractivity contribution in [3.8, 4) is 0 Å². The fourth-order valence-corrected chi connectivity index (χ4v) is 3.11. The van der Waals surface area contributed by atoms with Crippen molar-refractivity contribution in [3.63, 3.8) is 0 Å². The number of hydrogen-bond donors (Lipinski definition) is 1. The summed E-state index contributed by atoms with van der Waals surface area (Å²) >= 11 is 0. The molecule has 0 aliphatic heterocycles. The summed E-state index contributed by atoms with van der Waals surface area (Å²) < 4.78 is 0. The third kappa shape index (κ3) is 1.08. The lowest BCUT2D eigenvalue weighted by Crippen LogP contribution is -2.11. The molecule has 1 aromatic rings. The SMILES string of the molecule is Cc1ccc2c(c1)CCC21CC1C(=O)O. The van der Waals surface area contributed by atoms with Crippen molar-refractivity contribution in [1.29, 1.82) is 0 Å². The van der Waals surface area contributed by atoms with Crippen LogP contribution in [0.4, 0.5) is 0 Å². The Balaban J connectivity index is 2.04. The van der Waals surface area contributed by atoms with Gasteiger partial charge in [0.1, 0.15) is 0 Å². The van der Waals surface area contributed by atoms with Gasteiger partial charge in [0.25, 0.3) is 0 Å². The summed E-state index contributed by atoms with van der Waals surface area (Å²) in [5, 5.41) is 9.06. The molecule has 2 atom stereocenters. The van der Waals surface area contributed by atoms with Gasteiger partial charge in [0.05, 0.1) is 5.92 Å². The number of carbonyl (C=O) groups is 1. The Labute approximate surface area is 88.9 Å². The van der Waals surface area contributed by atoms with Crippen LogP contribution in [0.3, 0.4) is 0 Å². The molecule has 0 heterocycles. The maximum atomic E-state index is 11.0. The van der Waals surface area contributed by atoms with Crippen LogP contribution < -0.4 is 0 Å². The number of aliphatic carboxylic acids is 1. The average Bonchev–Trinajstić information content (AvgIpc) is 2.80. The van der Waals surface area contributed by atoms with Crippen LogP contribution in [0.15, 0.2) is 18.2 Å². The minimum absolute atomic E-state index is 0.00880. The van der Waals surface area contributed by atoms with Crippen LogP contribution >= 0.6 is 0 Å². The third-order valence-corrected chi connectivity index (χ3v) is 4.01. The number of hydrogen-bond acceptors (Lipinski definition) is 1. The molecular formula is C13H14O2. The Morgan fingerprint density at radius 2 is 2.33 bits per heavy atom. The molecule has 0 bridgehead atoms. The molecule has 2 heteroatoms. The summed E-state index contributed by atoms with van der Waals surface area (Å²) in [5.74, 6) is -0.745. The van der Waals surface area contributed by atoms with Crippen molar-refractivity contribution >= 4 is 5.97 Å². The Kier molecular flexibility index (Phi) is 1.57. The summed E-state index contributed by atoms with van der Waals surface area (Å²) in [6.45, 7) is 2.09. The molecule has 1 fully saturated rings. The molecule has 1 aromatic carbocycles. The second kappa shape index (κ2) is 2.63. The van der Waals surface area contributed by atoms with Gasteiger partial charge in [0.15, 0.2) is 0 Å². The van der Waals surface area contributed by atoms with Gasteiger partial charge >= 0.3 is 5.97 Å². The Hall–Kier alpha value is -1.31. The largest absolute Gasteiger partial charge is 0.481 e. The number of fused-ring (bicyclic) bond motifs is 2. The zero-order valence-corrected chi connectivity index (χ0v) is 8.79. The lowest BCUT2D eigenvalue weighted by molar-refractivity contribution is -0.139. The molecule has 3 rings (SSSR count). The zero-order valence-electron chi connectivity index (χ0n) is 8.79. The van der Waals surface area contributed by atoms with Crippen molar-refractivity contribution in [2.24, 2.45) is 5.92 Å². The summed E-state index contributed by atoms with van der Waals surface area (Å²) in [6, 6.07) is 6.45. The number of benzene rings is 1. The Morgan fingerprint density at radius 1 is 1.53 bits per heavy atom. The number of rotatable bonds is 1. The van der Waals surface area contributed by atoms with Gasteiger partial charge in [0.2, 0.25) is 0 Å². The number of carboxylic acids is 1. The second-order valence-electron chi connectivity index (χ2n) is 4.91. The van der Waals surface area contributed by atoms with Crippen LogP contribution in [0.25, 0.3) is 0 Å². The Morgan fingerprint density at radius 3 is 3.00 bits per heavy atom. The van der Waals surface area contributed by atoms with E-state index in [4.69, 9.17) is 5.11 Å². The van der Waals surface area contributed by atoms with E-state index in [1.54, 1.807) is 0 Å².